The molecule has 0 saturated carbocycles. The molecule has 0 aliphatic carbocycles. The number of hydrogen-bond donors (Lipinski definition) is 1. The van der Waals surface area contributed by atoms with Crippen LogP contribution in [0.25, 0.3) is 22.4 Å². The van der Waals surface area contributed by atoms with Gasteiger partial charge in [-0.2, -0.15) is 0 Å². The number of aromatic nitrogens is 2. The normalized spacial score (nSPS) is 12.2. The first-order chi connectivity index (χ1) is 12.8. The van der Waals surface area contributed by atoms with Gasteiger partial charge in [-0.15, -0.1) is 0 Å². The van der Waals surface area contributed by atoms with E-state index in [1.807, 2.05) is 48.5 Å². The van der Waals surface area contributed by atoms with E-state index in [9.17, 15) is 5.11 Å². The van der Waals surface area contributed by atoms with Crippen molar-refractivity contribution in [3.8, 4) is 17.2 Å². The number of aliphatic hydroxyl groups excluding tert-OH is 1. The van der Waals surface area contributed by atoms with E-state index in [2.05, 4.69) is 9.97 Å². The van der Waals surface area contributed by atoms with Gasteiger partial charge < -0.3 is 14.3 Å². The number of methoxy groups -OCH3 is 1. The molecular weight excluding hydrogens is 328 g/mol. The molecule has 1 unspecified atom stereocenters. The molecule has 5 nitrogen and oxygen atoms in total. The summed E-state index contributed by atoms with van der Waals surface area (Å²) in [5, 5.41) is 11.6. The average molecular weight is 346 g/mol. The Hall–Kier alpha value is -3.18. The van der Waals surface area contributed by atoms with Gasteiger partial charge in [-0.1, -0.05) is 12.1 Å². The predicted octanol–water partition coefficient (Wildman–Crippen LogP) is 4.17. The lowest BCUT2D eigenvalue weighted by Gasteiger charge is -2.13. The molecule has 4 rings (SSSR count). The first-order valence-electron chi connectivity index (χ1n) is 8.35. The molecular formula is C21H18N2O3. The average Bonchev–Trinajstić information content (AvgIpc) is 3.14. The fourth-order valence-electron chi connectivity index (χ4n) is 3.06. The van der Waals surface area contributed by atoms with Crippen molar-refractivity contribution in [1.82, 2.24) is 9.97 Å². The lowest BCUT2D eigenvalue weighted by atomic mass is 9.98. The van der Waals surface area contributed by atoms with E-state index >= 15 is 0 Å². The summed E-state index contributed by atoms with van der Waals surface area (Å²) in [6.07, 6.45) is 5.00. The van der Waals surface area contributed by atoms with Gasteiger partial charge >= 0.3 is 0 Å². The summed E-state index contributed by atoms with van der Waals surface area (Å²) in [6, 6.07) is 15.1. The fourth-order valence-corrected chi connectivity index (χ4v) is 3.06. The highest BCUT2D eigenvalue weighted by Gasteiger charge is 2.19. The van der Waals surface area contributed by atoms with E-state index in [0.717, 1.165) is 22.2 Å². The van der Waals surface area contributed by atoms with Crippen LogP contribution in [0.2, 0.25) is 0 Å². The molecule has 1 N–H and O–H groups in total. The number of pyridine rings is 2. The van der Waals surface area contributed by atoms with Crippen molar-refractivity contribution in [2.45, 2.75) is 12.5 Å². The maximum atomic E-state index is 10.8. The van der Waals surface area contributed by atoms with Gasteiger partial charge in [-0.3, -0.25) is 9.97 Å². The van der Waals surface area contributed by atoms with E-state index in [4.69, 9.17) is 9.15 Å². The van der Waals surface area contributed by atoms with Gasteiger partial charge in [0.1, 0.15) is 5.69 Å². The number of ether oxygens (including phenoxy) is 1. The minimum absolute atomic E-state index is 0.494. The smallest absolute Gasteiger partial charge is 0.177 e. The van der Waals surface area contributed by atoms with Crippen molar-refractivity contribution in [1.29, 1.82) is 0 Å². The SMILES string of the molecule is COc1ccc(C(O)Cc2ccncc2)c2cc(-c3ccccn3)oc12. The number of benzene rings is 1. The summed E-state index contributed by atoms with van der Waals surface area (Å²) < 4.78 is 11.4. The molecule has 0 fully saturated rings. The van der Waals surface area contributed by atoms with Crippen LogP contribution >= 0.6 is 0 Å². The molecule has 1 aromatic carbocycles. The minimum atomic E-state index is -0.667. The Morgan fingerprint density at radius 1 is 1.08 bits per heavy atom. The van der Waals surface area contributed by atoms with E-state index in [-0.39, 0.29) is 0 Å². The van der Waals surface area contributed by atoms with Crippen LogP contribution in [0.15, 0.2) is 71.5 Å². The van der Waals surface area contributed by atoms with Crippen molar-refractivity contribution in [3.05, 3.63) is 78.2 Å². The molecule has 4 aromatic rings. The van der Waals surface area contributed by atoms with Crippen molar-refractivity contribution < 1.29 is 14.3 Å². The van der Waals surface area contributed by atoms with E-state index in [0.29, 0.717) is 23.5 Å². The highest BCUT2D eigenvalue weighted by Crippen LogP contribution is 2.37. The van der Waals surface area contributed by atoms with Crippen molar-refractivity contribution in [3.63, 3.8) is 0 Å². The number of aliphatic hydroxyl groups is 1. The first-order valence-corrected chi connectivity index (χ1v) is 8.35. The van der Waals surface area contributed by atoms with Crippen LogP contribution in [0.1, 0.15) is 17.2 Å². The van der Waals surface area contributed by atoms with Crippen LogP contribution < -0.4 is 4.74 Å². The van der Waals surface area contributed by atoms with Gasteiger partial charge in [0.25, 0.3) is 0 Å². The van der Waals surface area contributed by atoms with Gasteiger partial charge in [0.15, 0.2) is 17.1 Å². The monoisotopic (exact) mass is 346 g/mol. The summed E-state index contributed by atoms with van der Waals surface area (Å²) in [7, 11) is 1.60. The highest BCUT2D eigenvalue weighted by atomic mass is 16.5. The summed E-state index contributed by atoms with van der Waals surface area (Å²) in [4.78, 5) is 8.35. The van der Waals surface area contributed by atoms with Gasteiger partial charge in [0.05, 0.1) is 13.2 Å². The molecule has 1 atom stereocenters. The largest absolute Gasteiger partial charge is 0.493 e. The Balaban J connectivity index is 1.78. The lowest BCUT2D eigenvalue weighted by Crippen LogP contribution is -2.02. The zero-order valence-electron chi connectivity index (χ0n) is 14.3. The lowest BCUT2D eigenvalue weighted by molar-refractivity contribution is 0.180. The summed E-state index contributed by atoms with van der Waals surface area (Å²) in [6.45, 7) is 0. The molecule has 130 valence electrons. The maximum Gasteiger partial charge on any atom is 0.177 e. The Labute approximate surface area is 150 Å². The molecule has 3 aromatic heterocycles. The van der Waals surface area contributed by atoms with Crippen molar-refractivity contribution >= 4 is 11.0 Å². The van der Waals surface area contributed by atoms with Crippen LogP contribution in [0.3, 0.4) is 0 Å². The Bertz CT molecular complexity index is 1010. The van der Waals surface area contributed by atoms with Crippen LogP contribution in [0.4, 0.5) is 0 Å². The Morgan fingerprint density at radius 2 is 1.92 bits per heavy atom. The van der Waals surface area contributed by atoms with Crippen molar-refractivity contribution in [2.24, 2.45) is 0 Å². The fraction of sp³-hybridized carbons (Fsp3) is 0.143. The second kappa shape index (κ2) is 6.98. The standard InChI is InChI=1S/C21H18N2O3/c1-25-19-6-5-15(18(24)12-14-7-10-22-11-8-14)16-13-20(26-21(16)19)17-4-2-3-9-23-17/h2-11,13,18,24H,12H2,1H3. The Kier molecular flexibility index (Phi) is 4.37. The zero-order chi connectivity index (χ0) is 17.9. The van der Waals surface area contributed by atoms with Gasteiger partial charge in [0, 0.05) is 30.4 Å². The molecule has 0 spiro atoms. The maximum absolute atomic E-state index is 10.8. The molecule has 5 heteroatoms. The van der Waals surface area contributed by atoms with Gasteiger partial charge in [-0.25, -0.2) is 0 Å². The van der Waals surface area contributed by atoms with Crippen molar-refractivity contribution in [2.75, 3.05) is 7.11 Å². The zero-order valence-corrected chi connectivity index (χ0v) is 14.3. The number of nitrogens with zero attached hydrogens (tertiary/aromatic N) is 2. The molecule has 0 saturated heterocycles. The number of fused-ring (bicyclic) bond motifs is 1. The van der Waals surface area contributed by atoms with E-state index < -0.39 is 6.10 Å². The molecule has 0 bridgehead atoms. The summed E-state index contributed by atoms with van der Waals surface area (Å²) in [5.74, 6) is 1.27. The minimum Gasteiger partial charge on any atom is -0.493 e. The van der Waals surface area contributed by atoms with Gasteiger partial charge in [-0.05, 0) is 47.5 Å². The highest BCUT2D eigenvalue weighted by molar-refractivity contribution is 5.90. The van der Waals surface area contributed by atoms with Crippen LogP contribution in [-0.2, 0) is 6.42 Å². The molecule has 0 radical (unpaired) electrons. The quantitative estimate of drug-likeness (QED) is 0.587. The van der Waals surface area contributed by atoms with Crippen LogP contribution in [-0.4, -0.2) is 22.2 Å². The third-order valence-corrected chi connectivity index (χ3v) is 4.36. The second-order valence-corrected chi connectivity index (χ2v) is 6.00. The van der Waals surface area contributed by atoms with Gasteiger partial charge in [0.2, 0.25) is 0 Å². The van der Waals surface area contributed by atoms with E-state index in [1.165, 1.54) is 0 Å². The van der Waals surface area contributed by atoms with E-state index in [1.54, 1.807) is 25.7 Å². The molecule has 0 aliphatic rings. The summed E-state index contributed by atoms with van der Waals surface area (Å²) in [5.41, 5.74) is 3.16. The first kappa shape index (κ1) is 16.3. The molecule has 0 amide bonds. The van der Waals surface area contributed by atoms with Crippen LogP contribution in [0, 0.1) is 0 Å². The number of rotatable bonds is 5. The summed E-state index contributed by atoms with van der Waals surface area (Å²) >= 11 is 0. The number of hydrogen-bond acceptors (Lipinski definition) is 5. The predicted molar refractivity (Wildman–Crippen MR) is 98.9 cm³/mol. The molecule has 0 aliphatic heterocycles. The third-order valence-electron chi connectivity index (χ3n) is 4.36. The van der Waals surface area contributed by atoms with Crippen LogP contribution in [0.5, 0.6) is 5.75 Å². The molecule has 26 heavy (non-hydrogen) atoms. The number of furan rings is 1. The second-order valence-electron chi connectivity index (χ2n) is 6.00. The Morgan fingerprint density at radius 3 is 2.65 bits per heavy atom. The third kappa shape index (κ3) is 3.05. The molecule has 3 heterocycles. The topological polar surface area (TPSA) is 68.4 Å².